The lowest BCUT2D eigenvalue weighted by atomic mass is 10.4. The summed E-state index contributed by atoms with van der Waals surface area (Å²) in [7, 11) is 0. The molecular formula is C13H16ClN5O2S. The van der Waals surface area contributed by atoms with Gasteiger partial charge in [-0.15, -0.1) is 5.10 Å². The van der Waals surface area contributed by atoms with Crippen LogP contribution in [0.5, 0.6) is 0 Å². The minimum Gasteiger partial charge on any atom is -0.310 e. The van der Waals surface area contributed by atoms with Crippen LogP contribution >= 0.6 is 23.4 Å². The Bertz CT molecular complexity index is 697. The molecule has 2 aromatic heterocycles. The highest BCUT2D eigenvalue weighted by Crippen LogP contribution is 2.21. The number of nitrogens with zero attached hydrogens (tertiary/aromatic N) is 3. The van der Waals surface area contributed by atoms with Crippen molar-refractivity contribution in [1.82, 2.24) is 19.7 Å². The Labute approximate surface area is 136 Å². The second kappa shape index (κ2) is 7.46. The maximum absolute atomic E-state index is 12.1. The van der Waals surface area contributed by atoms with Gasteiger partial charge >= 0.3 is 5.69 Å². The molecule has 2 rings (SSSR count). The first kappa shape index (κ1) is 16.6. The Morgan fingerprint density at radius 2 is 2.32 bits per heavy atom. The van der Waals surface area contributed by atoms with Gasteiger partial charge in [0.05, 0.1) is 10.3 Å². The van der Waals surface area contributed by atoms with E-state index in [4.69, 9.17) is 11.6 Å². The molecule has 9 heteroatoms. The van der Waals surface area contributed by atoms with Crippen LogP contribution in [0.2, 0.25) is 5.02 Å². The predicted octanol–water partition coefficient (Wildman–Crippen LogP) is 2.15. The number of pyridine rings is 1. The van der Waals surface area contributed by atoms with E-state index < -0.39 is 5.25 Å². The van der Waals surface area contributed by atoms with Crippen molar-refractivity contribution in [2.45, 2.75) is 37.2 Å². The topological polar surface area (TPSA) is 92.7 Å². The van der Waals surface area contributed by atoms with Crippen molar-refractivity contribution in [2.24, 2.45) is 0 Å². The maximum Gasteiger partial charge on any atom is 0.343 e. The van der Waals surface area contributed by atoms with Crippen molar-refractivity contribution in [3.05, 3.63) is 33.8 Å². The number of hydrogen-bond acceptors (Lipinski definition) is 5. The number of H-pyrrole nitrogens is 1. The summed E-state index contributed by atoms with van der Waals surface area (Å²) < 4.78 is 1.52. The molecule has 0 spiro atoms. The largest absolute Gasteiger partial charge is 0.343 e. The number of aromatic amines is 1. The van der Waals surface area contributed by atoms with Crippen LogP contribution in [-0.4, -0.2) is 30.9 Å². The number of rotatable bonds is 6. The molecule has 1 atom stereocenters. The average Bonchev–Trinajstić information content (AvgIpc) is 2.83. The van der Waals surface area contributed by atoms with E-state index in [1.54, 1.807) is 19.1 Å². The smallest absolute Gasteiger partial charge is 0.310 e. The number of anilines is 1. The summed E-state index contributed by atoms with van der Waals surface area (Å²) in [6, 6.07) is 3.27. The molecule has 0 unspecified atom stereocenters. The molecule has 22 heavy (non-hydrogen) atoms. The van der Waals surface area contributed by atoms with Crippen molar-refractivity contribution in [3.63, 3.8) is 0 Å². The molecule has 2 N–H and O–H groups in total. The molecule has 0 saturated carbocycles. The van der Waals surface area contributed by atoms with E-state index in [9.17, 15) is 9.59 Å². The van der Waals surface area contributed by atoms with Crippen LogP contribution in [-0.2, 0) is 11.3 Å². The van der Waals surface area contributed by atoms with E-state index in [0.717, 1.165) is 6.42 Å². The number of nitrogens with one attached hydrogen (secondary N) is 2. The van der Waals surface area contributed by atoms with Gasteiger partial charge in [-0.2, -0.15) is 0 Å². The molecule has 7 nitrogen and oxygen atoms in total. The molecule has 2 aromatic rings. The minimum atomic E-state index is -0.428. The molecule has 0 aliphatic rings. The van der Waals surface area contributed by atoms with Crippen molar-refractivity contribution in [2.75, 3.05) is 5.32 Å². The predicted molar refractivity (Wildman–Crippen MR) is 86.3 cm³/mol. The van der Waals surface area contributed by atoms with Gasteiger partial charge in [-0.3, -0.25) is 9.36 Å². The summed E-state index contributed by atoms with van der Waals surface area (Å²) in [4.78, 5) is 27.8. The van der Waals surface area contributed by atoms with E-state index in [-0.39, 0.29) is 11.6 Å². The zero-order chi connectivity index (χ0) is 16.1. The average molecular weight is 342 g/mol. The molecule has 0 aliphatic carbocycles. The number of carbonyl (C=O) groups excluding carboxylic acids is 1. The van der Waals surface area contributed by atoms with Gasteiger partial charge in [-0.25, -0.2) is 14.9 Å². The summed E-state index contributed by atoms with van der Waals surface area (Å²) in [5.41, 5.74) is -0.267. The van der Waals surface area contributed by atoms with E-state index >= 15 is 0 Å². The molecule has 0 saturated heterocycles. The van der Waals surface area contributed by atoms with Crippen LogP contribution in [0.1, 0.15) is 20.3 Å². The lowest BCUT2D eigenvalue weighted by molar-refractivity contribution is -0.115. The summed E-state index contributed by atoms with van der Waals surface area (Å²) in [6.45, 7) is 4.27. The van der Waals surface area contributed by atoms with Gasteiger partial charge < -0.3 is 5.32 Å². The first-order valence-electron chi connectivity index (χ1n) is 6.75. The van der Waals surface area contributed by atoms with Crippen LogP contribution in [0, 0.1) is 0 Å². The third kappa shape index (κ3) is 4.11. The summed E-state index contributed by atoms with van der Waals surface area (Å²) in [6.07, 6.45) is 2.27. The molecule has 118 valence electrons. The molecule has 2 heterocycles. The Morgan fingerprint density at radius 3 is 2.95 bits per heavy atom. The fourth-order valence-corrected chi connectivity index (χ4v) is 2.70. The third-order valence-electron chi connectivity index (χ3n) is 2.80. The SMILES string of the molecule is CCCn1c(S[C@@H](C)C(=O)Nc2ccc(Cl)cn2)n[nH]c1=O. The third-order valence-corrected chi connectivity index (χ3v) is 4.11. The maximum atomic E-state index is 12.1. The van der Waals surface area contributed by atoms with Gasteiger partial charge in [-0.1, -0.05) is 30.3 Å². The molecule has 0 aliphatic heterocycles. The lowest BCUT2D eigenvalue weighted by Gasteiger charge is -2.11. The number of amides is 1. The molecule has 0 fully saturated rings. The van der Waals surface area contributed by atoms with Crippen LogP contribution in [0.3, 0.4) is 0 Å². The zero-order valence-electron chi connectivity index (χ0n) is 12.2. The number of halogens is 1. The number of carbonyl (C=O) groups is 1. The Morgan fingerprint density at radius 1 is 1.55 bits per heavy atom. The van der Waals surface area contributed by atoms with Crippen LogP contribution in [0.4, 0.5) is 5.82 Å². The van der Waals surface area contributed by atoms with E-state index in [1.807, 2.05) is 6.92 Å². The van der Waals surface area contributed by atoms with Gasteiger partial charge in [0, 0.05) is 12.7 Å². The van der Waals surface area contributed by atoms with E-state index in [1.165, 1.54) is 22.5 Å². The summed E-state index contributed by atoms with van der Waals surface area (Å²) in [5, 5.41) is 9.62. The fraction of sp³-hybridized carbons (Fsp3) is 0.385. The van der Waals surface area contributed by atoms with Crippen molar-refractivity contribution in [3.8, 4) is 0 Å². The Hall–Kier alpha value is -1.80. The standard InChI is InChI=1S/C13H16ClN5O2S/c1-3-6-19-12(21)17-18-13(19)22-8(2)11(20)16-10-5-4-9(14)7-15-10/h4-5,7-8H,3,6H2,1-2H3,(H,17,21)(H,15,16,20)/t8-/m0/s1. The van der Waals surface area contributed by atoms with Gasteiger partial charge in [0.2, 0.25) is 5.91 Å². The van der Waals surface area contributed by atoms with Crippen molar-refractivity contribution < 1.29 is 4.79 Å². The van der Waals surface area contributed by atoms with Gasteiger partial charge in [0.25, 0.3) is 0 Å². The lowest BCUT2D eigenvalue weighted by Crippen LogP contribution is -2.24. The van der Waals surface area contributed by atoms with Crippen molar-refractivity contribution >= 4 is 35.1 Å². The van der Waals surface area contributed by atoms with Crippen LogP contribution in [0.15, 0.2) is 28.3 Å². The van der Waals surface area contributed by atoms with Gasteiger partial charge in [0.15, 0.2) is 5.16 Å². The minimum absolute atomic E-state index is 0.224. The highest BCUT2D eigenvalue weighted by molar-refractivity contribution is 8.00. The first-order valence-corrected chi connectivity index (χ1v) is 8.01. The second-order valence-electron chi connectivity index (χ2n) is 4.57. The number of aromatic nitrogens is 4. The van der Waals surface area contributed by atoms with Gasteiger partial charge in [0.1, 0.15) is 5.82 Å². The van der Waals surface area contributed by atoms with Crippen LogP contribution in [0.25, 0.3) is 0 Å². The van der Waals surface area contributed by atoms with Crippen molar-refractivity contribution in [1.29, 1.82) is 0 Å². The molecule has 1 amide bonds. The van der Waals surface area contributed by atoms with E-state index in [0.29, 0.717) is 22.5 Å². The number of hydrogen-bond donors (Lipinski definition) is 2. The zero-order valence-corrected chi connectivity index (χ0v) is 13.7. The number of thioether (sulfide) groups is 1. The molecule has 0 aromatic carbocycles. The highest BCUT2D eigenvalue weighted by atomic mass is 35.5. The first-order chi connectivity index (χ1) is 10.5. The second-order valence-corrected chi connectivity index (χ2v) is 6.32. The summed E-state index contributed by atoms with van der Waals surface area (Å²) >= 11 is 6.96. The van der Waals surface area contributed by atoms with E-state index in [2.05, 4.69) is 20.5 Å². The Kier molecular flexibility index (Phi) is 5.62. The molecular weight excluding hydrogens is 326 g/mol. The molecule has 0 bridgehead atoms. The quantitative estimate of drug-likeness (QED) is 0.785. The highest BCUT2D eigenvalue weighted by Gasteiger charge is 2.19. The monoisotopic (exact) mass is 341 g/mol. The Balaban J connectivity index is 2.02. The van der Waals surface area contributed by atoms with Crippen LogP contribution < -0.4 is 11.0 Å². The van der Waals surface area contributed by atoms with Gasteiger partial charge in [-0.05, 0) is 25.5 Å². The summed E-state index contributed by atoms with van der Waals surface area (Å²) in [5.74, 6) is 0.202. The fourth-order valence-electron chi connectivity index (χ4n) is 1.70. The molecule has 0 radical (unpaired) electrons. The normalized spacial score (nSPS) is 12.1.